The Hall–Kier alpha value is -0.780. The highest BCUT2D eigenvalue weighted by molar-refractivity contribution is 7.89. The fourth-order valence-electron chi connectivity index (χ4n) is 1.40. The fraction of sp³-hybridized carbons (Fsp3) is 0.500. The van der Waals surface area contributed by atoms with E-state index in [4.69, 9.17) is 17.3 Å². The second-order valence-electron chi connectivity index (χ2n) is 4.79. The number of hydrogen-bond donors (Lipinski definition) is 2. The van der Waals surface area contributed by atoms with E-state index in [9.17, 15) is 8.42 Å². The van der Waals surface area contributed by atoms with Crippen molar-refractivity contribution in [2.45, 2.75) is 38.6 Å². The lowest BCUT2D eigenvalue weighted by atomic mass is 10.1. The lowest BCUT2D eigenvalue weighted by molar-refractivity contribution is 0.476. The Morgan fingerprint density at radius 1 is 1.28 bits per heavy atom. The molecule has 102 valence electrons. The summed E-state index contributed by atoms with van der Waals surface area (Å²) >= 11 is 5.85. The van der Waals surface area contributed by atoms with Crippen LogP contribution < -0.4 is 10.5 Å². The lowest BCUT2D eigenvalue weighted by Gasteiger charge is -2.18. The van der Waals surface area contributed by atoms with Gasteiger partial charge in [-0.15, -0.1) is 0 Å². The van der Waals surface area contributed by atoms with Crippen LogP contribution in [0.15, 0.2) is 17.0 Å². The second-order valence-corrected chi connectivity index (χ2v) is 6.88. The maximum absolute atomic E-state index is 12.2. The van der Waals surface area contributed by atoms with E-state index in [1.807, 2.05) is 20.8 Å². The maximum Gasteiger partial charge on any atom is 0.241 e. The van der Waals surface area contributed by atoms with Crippen LogP contribution in [0.4, 0.5) is 5.69 Å². The quantitative estimate of drug-likeness (QED) is 0.837. The molecule has 3 N–H and O–H groups in total. The largest absolute Gasteiger partial charge is 0.397 e. The van der Waals surface area contributed by atoms with E-state index in [1.54, 1.807) is 13.0 Å². The van der Waals surface area contributed by atoms with Crippen molar-refractivity contribution in [3.8, 4) is 0 Å². The minimum Gasteiger partial charge on any atom is -0.397 e. The Kier molecular flexibility index (Phi) is 4.64. The van der Waals surface area contributed by atoms with Crippen LogP contribution in [0.3, 0.4) is 0 Å². The Morgan fingerprint density at radius 2 is 1.83 bits per heavy atom. The molecule has 0 amide bonds. The number of benzene rings is 1. The number of nitrogens with two attached hydrogens (primary N) is 1. The highest BCUT2D eigenvalue weighted by Crippen LogP contribution is 2.26. The molecule has 4 nitrogen and oxygen atoms in total. The van der Waals surface area contributed by atoms with Crippen LogP contribution in [-0.4, -0.2) is 14.5 Å². The zero-order valence-corrected chi connectivity index (χ0v) is 12.6. The minimum atomic E-state index is -3.56. The summed E-state index contributed by atoms with van der Waals surface area (Å²) in [6.45, 7) is 7.43. The van der Waals surface area contributed by atoms with Crippen molar-refractivity contribution in [1.29, 1.82) is 0 Å². The van der Waals surface area contributed by atoms with Gasteiger partial charge in [0.1, 0.15) is 0 Å². The highest BCUT2D eigenvalue weighted by atomic mass is 35.5. The first-order valence-corrected chi connectivity index (χ1v) is 7.59. The molecule has 0 aliphatic rings. The van der Waals surface area contributed by atoms with Gasteiger partial charge in [-0.05, 0) is 37.5 Å². The monoisotopic (exact) mass is 290 g/mol. The Labute approximate surface area is 114 Å². The van der Waals surface area contributed by atoms with Crippen molar-refractivity contribution in [1.82, 2.24) is 4.72 Å². The summed E-state index contributed by atoms with van der Waals surface area (Å²) in [5.74, 6) is 0.213. The van der Waals surface area contributed by atoms with E-state index < -0.39 is 10.0 Å². The summed E-state index contributed by atoms with van der Waals surface area (Å²) in [6, 6.07) is 2.81. The number of anilines is 1. The standard InChI is InChI=1S/C12H19ClN2O2S/c1-7(2)9(4)15-18(16,17)12-6-11(14)10(13)5-8(12)3/h5-7,9,15H,14H2,1-4H3. The first-order chi connectivity index (χ1) is 8.15. The maximum atomic E-state index is 12.2. The van der Waals surface area contributed by atoms with Crippen LogP contribution in [0.2, 0.25) is 5.02 Å². The van der Waals surface area contributed by atoms with E-state index in [-0.39, 0.29) is 22.5 Å². The minimum absolute atomic E-state index is 0.147. The molecule has 0 aliphatic carbocycles. The molecule has 0 bridgehead atoms. The van der Waals surface area contributed by atoms with Gasteiger partial charge in [0.2, 0.25) is 10.0 Å². The van der Waals surface area contributed by atoms with Gasteiger partial charge >= 0.3 is 0 Å². The molecule has 0 fully saturated rings. The van der Waals surface area contributed by atoms with Gasteiger partial charge in [0.05, 0.1) is 15.6 Å². The number of halogens is 1. The normalized spacial score (nSPS) is 13.9. The van der Waals surface area contributed by atoms with Crippen LogP contribution >= 0.6 is 11.6 Å². The fourth-order valence-corrected chi connectivity index (χ4v) is 3.27. The molecule has 0 heterocycles. The van der Waals surface area contributed by atoms with E-state index in [2.05, 4.69) is 4.72 Å². The molecule has 0 radical (unpaired) electrons. The van der Waals surface area contributed by atoms with Crippen molar-refractivity contribution < 1.29 is 8.42 Å². The van der Waals surface area contributed by atoms with E-state index in [0.29, 0.717) is 10.6 Å². The molecule has 1 rings (SSSR count). The van der Waals surface area contributed by atoms with Crippen LogP contribution in [0.25, 0.3) is 0 Å². The molecule has 0 aromatic heterocycles. The zero-order valence-electron chi connectivity index (χ0n) is 11.0. The van der Waals surface area contributed by atoms with Gasteiger partial charge in [-0.3, -0.25) is 0 Å². The first kappa shape index (κ1) is 15.3. The Bertz CT molecular complexity index is 541. The third-order valence-electron chi connectivity index (χ3n) is 2.92. The van der Waals surface area contributed by atoms with E-state index in [0.717, 1.165) is 0 Å². The number of sulfonamides is 1. The van der Waals surface area contributed by atoms with Crippen LogP contribution in [0.1, 0.15) is 26.3 Å². The molecular weight excluding hydrogens is 272 g/mol. The van der Waals surface area contributed by atoms with Crippen LogP contribution in [0, 0.1) is 12.8 Å². The second kappa shape index (κ2) is 5.47. The molecule has 0 spiro atoms. The summed E-state index contributed by atoms with van der Waals surface area (Å²) in [7, 11) is -3.56. The Morgan fingerprint density at radius 3 is 2.33 bits per heavy atom. The molecular formula is C12H19ClN2O2S. The van der Waals surface area contributed by atoms with Crippen molar-refractivity contribution >= 4 is 27.3 Å². The third kappa shape index (κ3) is 3.37. The van der Waals surface area contributed by atoms with Gasteiger partial charge in [-0.1, -0.05) is 25.4 Å². The SMILES string of the molecule is Cc1cc(Cl)c(N)cc1S(=O)(=O)NC(C)C(C)C. The van der Waals surface area contributed by atoms with Gasteiger partial charge in [-0.25, -0.2) is 13.1 Å². The predicted molar refractivity (Wildman–Crippen MR) is 75.2 cm³/mol. The number of rotatable bonds is 4. The molecule has 0 saturated heterocycles. The highest BCUT2D eigenvalue weighted by Gasteiger charge is 2.22. The molecule has 1 aromatic rings. The summed E-state index contributed by atoms with van der Waals surface area (Å²) in [5.41, 5.74) is 6.50. The van der Waals surface area contributed by atoms with Crippen molar-refractivity contribution in [2.75, 3.05) is 5.73 Å². The van der Waals surface area contributed by atoms with Gasteiger partial charge in [0, 0.05) is 6.04 Å². The van der Waals surface area contributed by atoms with E-state index >= 15 is 0 Å². The van der Waals surface area contributed by atoms with Crippen LogP contribution in [0.5, 0.6) is 0 Å². The molecule has 6 heteroatoms. The first-order valence-electron chi connectivity index (χ1n) is 5.73. The number of nitrogen functional groups attached to an aromatic ring is 1. The number of hydrogen-bond acceptors (Lipinski definition) is 3. The van der Waals surface area contributed by atoms with Gasteiger partial charge in [0.15, 0.2) is 0 Å². The molecule has 0 saturated carbocycles. The average molecular weight is 291 g/mol. The molecule has 1 aromatic carbocycles. The van der Waals surface area contributed by atoms with Gasteiger partial charge < -0.3 is 5.73 Å². The number of nitrogens with one attached hydrogen (secondary N) is 1. The average Bonchev–Trinajstić information content (AvgIpc) is 2.22. The Balaban J connectivity index is 3.17. The van der Waals surface area contributed by atoms with Crippen molar-refractivity contribution in [2.24, 2.45) is 5.92 Å². The summed E-state index contributed by atoms with van der Waals surface area (Å²) < 4.78 is 27.1. The van der Waals surface area contributed by atoms with Gasteiger partial charge in [0.25, 0.3) is 0 Å². The predicted octanol–water partition coefficient (Wildman–Crippen LogP) is 2.55. The summed E-state index contributed by atoms with van der Waals surface area (Å²) in [4.78, 5) is 0.178. The zero-order chi connectivity index (χ0) is 14.1. The van der Waals surface area contributed by atoms with E-state index in [1.165, 1.54) is 6.07 Å². The van der Waals surface area contributed by atoms with Crippen molar-refractivity contribution in [3.05, 3.63) is 22.7 Å². The topological polar surface area (TPSA) is 72.2 Å². The molecule has 0 aliphatic heterocycles. The summed E-state index contributed by atoms with van der Waals surface area (Å²) in [5, 5.41) is 0.364. The van der Waals surface area contributed by atoms with Gasteiger partial charge in [-0.2, -0.15) is 0 Å². The molecule has 1 unspecified atom stereocenters. The third-order valence-corrected chi connectivity index (χ3v) is 4.95. The lowest BCUT2D eigenvalue weighted by Crippen LogP contribution is -2.36. The smallest absolute Gasteiger partial charge is 0.241 e. The molecule has 18 heavy (non-hydrogen) atoms. The van der Waals surface area contributed by atoms with Crippen LogP contribution in [-0.2, 0) is 10.0 Å². The molecule has 1 atom stereocenters. The number of aryl methyl sites for hydroxylation is 1. The van der Waals surface area contributed by atoms with Crippen molar-refractivity contribution in [3.63, 3.8) is 0 Å². The summed E-state index contributed by atoms with van der Waals surface area (Å²) in [6.07, 6.45) is 0.